The SMILES string of the molecule is CC(Cc1ccsc1)NCc1ccc(OC(F)F)cc1. The maximum atomic E-state index is 12.0. The molecular weight excluding hydrogens is 280 g/mol. The summed E-state index contributed by atoms with van der Waals surface area (Å²) in [5, 5.41) is 7.63. The van der Waals surface area contributed by atoms with Crippen molar-refractivity contribution in [2.24, 2.45) is 0 Å². The fraction of sp³-hybridized carbons (Fsp3) is 0.333. The van der Waals surface area contributed by atoms with E-state index in [1.54, 1.807) is 35.6 Å². The molecule has 1 N–H and O–H groups in total. The first-order valence-electron chi connectivity index (χ1n) is 6.41. The molecule has 0 saturated carbocycles. The average Bonchev–Trinajstić information content (AvgIpc) is 2.90. The highest BCUT2D eigenvalue weighted by atomic mass is 32.1. The fourth-order valence-electron chi connectivity index (χ4n) is 1.92. The first-order chi connectivity index (χ1) is 9.63. The van der Waals surface area contributed by atoms with Crippen LogP contribution in [0.15, 0.2) is 41.1 Å². The second kappa shape index (κ2) is 7.36. The van der Waals surface area contributed by atoms with Crippen molar-refractivity contribution in [2.45, 2.75) is 32.5 Å². The molecule has 1 aromatic carbocycles. The molecule has 1 unspecified atom stereocenters. The molecule has 20 heavy (non-hydrogen) atoms. The van der Waals surface area contributed by atoms with Crippen LogP contribution >= 0.6 is 11.3 Å². The second-order valence-electron chi connectivity index (χ2n) is 4.64. The summed E-state index contributed by atoms with van der Waals surface area (Å²) in [6, 6.07) is 9.20. The van der Waals surface area contributed by atoms with E-state index in [1.807, 2.05) is 0 Å². The van der Waals surface area contributed by atoms with Crippen LogP contribution in [0.1, 0.15) is 18.1 Å². The Morgan fingerprint density at radius 3 is 2.50 bits per heavy atom. The second-order valence-corrected chi connectivity index (χ2v) is 5.42. The van der Waals surface area contributed by atoms with Crippen LogP contribution in [0.3, 0.4) is 0 Å². The van der Waals surface area contributed by atoms with Gasteiger partial charge >= 0.3 is 6.61 Å². The number of alkyl halides is 2. The lowest BCUT2D eigenvalue weighted by Crippen LogP contribution is -2.27. The zero-order valence-electron chi connectivity index (χ0n) is 11.2. The number of ether oxygens (including phenoxy) is 1. The highest BCUT2D eigenvalue weighted by Crippen LogP contribution is 2.15. The van der Waals surface area contributed by atoms with Crippen LogP contribution in [0.25, 0.3) is 0 Å². The minimum Gasteiger partial charge on any atom is -0.435 e. The topological polar surface area (TPSA) is 21.3 Å². The van der Waals surface area contributed by atoms with Crippen molar-refractivity contribution in [1.29, 1.82) is 0 Å². The van der Waals surface area contributed by atoms with E-state index in [2.05, 4.69) is 33.8 Å². The summed E-state index contributed by atoms with van der Waals surface area (Å²) in [6.07, 6.45) is 0.982. The lowest BCUT2D eigenvalue weighted by molar-refractivity contribution is -0.0498. The molecule has 0 aliphatic carbocycles. The standard InChI is InChI=1S/C15H17F2NOS/c1-11(8-13-6-7-20-10-13)18-9-12-2-4-14(5-3-12)19-15(16)17/h2-7,10-11,15,18H,8-9H2,1H3. The third-order valence-electron chi connectivity index (χ3n) is 2.93. The van der Waals surface area contributed by atoms with Crippen molar-refractivity contribution >= 4 is 11.3 Å². The molecule has 2 aromatic rings. The lowest BCUT2D eigenvalue weighted by Gasteiger charge is -2.13. The molecule has 1 atom stereocenters. The Kier molecular flexibility index (Phi) is 5.49. The van der Waals surface area contributed by atoms with Gasteiger partial charge < -0.3 is 10.1 Å². The Hall–Kier alpha value is -1.46. The van der Waals surface area contributed by atoms with Gasteiger partial charge in [-0.15, -0.1) is 0 Å². The summed E-state index contributed by atoms with van der Waals surface area (Å²) in [4.78, 5) is 0. The van der Waals surface area contributed by atoms with Crippen LogP contribution in [-0.4, -0.2) is 12.7 Å². The molecule has 5 heteroatoms. The summed E-state index contributed by atoms with van der Waals surface area (Å²) in [5.74, 6) is 0.190. The number of thiophene rings is 1. The summed E-state index contributed by atoms with van der Waals surface area (Å²) in [5.41, 5.74) is 2.37. The molecule has 1 heterocycles. The average molecular weight is 297 g/mol. The van der Waals surface area contributed by atoms with E-state index >= 15 is 0 Å². The molecule has 0 fully saturated rings. The van der Waals surface area contributed by atoms with Crippen LogP contribution in [0.2, 0.25) is 0 Å². The molecule has 0 radical (unpaired) electrons. The Balaban J connectivity index is 1.78. The number of hydrogen-bond donors (Lipinski definition) is 1. The zero-order chi connectivity index (χ0) is 14.4. The van der Waals surface area contributed by atoms with Gasteiger partial charge in [0, 0.05) is 12.6 Å². The first-order valence-corrected chi connectivity index (χ1v) is 7.36. The fourth-order valence-corrected chi connectivity index (χ4v) is 2.60. The van der Waals surface area contributed by atoms with Crippen LogP contribution in [0.5, 0.6) is 5.75 Å². The van der Waals surface area contributed by atoms with Crippen molar-refractivity contribution in [2.75, 3.05) is 0 Å². The van der Waals surface area contributed by atoms with Crippen molar-refractivity contribution in [3.8, 4) is 5.75 Å². The smallest absolute Gasteiger partial charge is 0.387 e. The van der Waals surface area contributed by atoms with Crippen LogP contribution in [0.4, 0.5) is 8.78 Å². The molecule has 2 rings (SSSR count). The highest BCUT2D eigenvalue weighted by Gasteiger charge is 2.05. The van der Waals surface area contributed by atoms with E-state index in [9.17, 15) is 8.78 Å². The van der Waals surface area contributed by atoms with Crippen LogP contribution in [0, 0.1) is 0 Å². The summed E-state index contributed by atoms with van der Waals surface area (Å²) < 4.78 is 28.4. The number of rotatable bonds is 7. The number of benzene rings is 1. The van der Waals surface area contributed by atoms with Crippen molar-refractivity contribution in [3.63, 3.8) is 0 Å². The molecular formula is C15H17F2NOS. The highest BCUT2D eigenvalue weighted by molar-refractivity contribution is 7.07. The van der Waals surface area contributed by atoms with Crippen molar-refractivity contribution < 1.29 is 13.5 Å². The Bertz CT molecular complexity index is 499. The largest absolute Gasteiger partial charge is 0.435 e. The van der Waals surface area contributed by atoms with E-state index in [0.29, 0.717) is 12.6 Å². The van der Waals surface area contributed by atoms with Gasteiger partial charge in [-0.05, 0) is 53.4 Å². The molecule has 0 spiro atoms. The molecule has 2 nitrogen and oxygen atoms in total. The van der Waals surface area contributed by atoms with Gasteiger partial charge in [-0.25, -0.2) is 0 Å². The summed E-state index contributed by atoms with van der Waals surface area (Å²) in [6.45, 7) is 0.0660. The Morgan fingerprint density at radius 2 is 1.90 bits per heavy atom. The van der Waals surface area contributed by atoms with E-state index in [4.69, 9.17) is 0 Å². The van der Waals surface area contributed by atoms with Gasteiger partial charge in [-0.2, -0.15) is 20.1 Å². The predicted octanol–water partition coefficient (Wildman–Crippen LogP) is 4.07. The first kappa shape index (κ1) is 14.9. The van der Waals surface area contributed by atoms with Gasteiger partial charge in [0.2, 0.25) is 0 Å². The number of hydrogen-bond acceptors (Lipinski definition) is 3. The molecule has 0 aliphatic rings. The summed E-state index contributed by atoms with van der Waals surface area (Å²) >= 11 is 1.70. The maximum absolute atomic E-state index is 12.0. The van der Waals surface area contributed by atoms with Crippen LogP contribution in [-0.2, 0) is 13.0 Å². The number of halogens is 2. The maximum Gasteiger partial charge on any atom is 0.387 e. The van der Waals surface area contributed by atoms with Crippen molar-refractivity contribution in [1.82, 2.24) is 5.32 Å². The van der Waals surface area contributed by atoms with E-state index in [0.717, 1.165) is 12.0 Å². The molecule has 0 bridgehead atoms. The van der Waals surface area contributed by atoms with Gasteiger partial charge in [0.1, 0.15) is 5.75 Å². The number of nitrogens with one attached hydrogen (secondary N) is 1. The quantitative estimate of drug-likeness (QED) is 0.832. The molecule has 0 saturated heterocycles. The molecule has 1 aromatic heterocycles. The van der Waals surface area contributed by atoms with Crippen molar-refractivity contribution in [3.05, 3.63) is 52.2 Å². The van der Waals surface area contributed by atoms with E-state index in [-0.39, 0.29) is 5.75 Å². The normalized spacial score (nSPS) is 12.6. The van der Waals surface area contributed by atoms with Gasteiger partial charge in [0.15, 0.2) is 0 Å². The van der Waals surface area contributed by atoms with Gasteiger partial charge in [-0.3, -0.25) is 0 Å². The van der Waals surface area contributed by atoms with E-state index in [1.165, 1.54) is 5.56 Å². The zero-order valence-corrected chi connectivity index (χ0v) is 12.0. The van der Waals surface area contributed by atoms with E-state index < -0.39 is 6.61 Å². The minimum absolute atomic E-state index is 0.190. The molecule has 0 amide bonds. The van der Waals surface area contributed by atoms with Gasteiger partial charge in [-0.1, -0.05) is 12.1 Å². The third kappa shape index (κ3) is 4.90. The monoisotopic (exact) mass is 297 g/mol. The Morgan fingerprint density at radius 1 is 1.15 bits per heavy atom. The molecule has 0 aliphatic heterocycles. The van der Waals surface area contributed by atoms with Crippen LogP contribution < -0.4 is 10.1 Å². The lowest BCUT2D eigenvalue weighted by atomic mass is 10.1. The Labute approximate surface area is 121 Å². The predicted molar refractivity (Wildman–Crippen MR) is 77.4 cm³/mol. The van der Waals surface area contributed by atoms with Gasteiger partial charge in [0.25, 0.3) is 0 Å². The minimum atomic E-state index is -2.77. The molecule has 108 valence electrons. The van der Waals surface area contributed by atoms with Gasteiger partial charge in [0.05, 0.1) is 0 Å². The third-order valence-corrected chi connectivity index (χ3v) is 3.66. The summed E-state index contributed by atoms with van der Waals surface area (Å²) in [7, 11) is 0.